The van der Waals surface area contributed by atoms with Crippen molar-refractivity contribution in [2.75, 3.05) is 6.61 Å². The number of aromatic nitrogens is 4. The molecular weight excluding hydrogens is 522 g/mol. The number of Topliss-reactive ketones (excluding diaryl/α,β-unsaturated/α-hetero) is 1. The SMILES string of the molecule is C[Si](C)(C)CCOCn1nc(C(=O)Cc2cnn(Cc3cccc(C#N)c3)c2)c2ccc(Br)cc21. The number of carbonyl (C=O) groups is 1. The molecular formula is C26H28BrN5O2Si. The highest BCUT2D eigenvalue weighted by atomic mass is 79.9. The molecule has 0 aliphatic heterocycles. The zero-order valence-electron chi connectivity index (χ0n) is 20.2. The quantitative estimate of drug-likeness (QED) is 0.145. The van der Waals surface area contributed by atoms with Crippen LogP contribution in [0.3, 0.4) is 0 Å². The van der Waals surface area contributed by atoms with Crippen LogP contribution in [-0.2, 0) is 24.4 Å². The Morgan fingerprint density at radius 3 is 2.77 bits per heavy atom. The molecule has 0 saturated heterocycles. The molecule has 0 aliphatic carbocycles. The lowest BCUT2D eigenvalue weighted by Crippen LogP contribution is -2.22. The lowest BCUT2D eigenvalue weighted by atomic mass is 10.1. The van der Waals surface area contributed by atoms with Crippen molar-refractivity contribution in [2.45, 2.75) is 45.4 Å². The second-order valence-corrected chi connectivity index (χ2v) is 16.4. The maximum atomic E-state index is 13.2. The van der Waals surface area contributed by atoms with Gasteiger partial charge in [0.15, 0.2) is 5.78 Å². The first-order chi connectivity index (χ1) is 16.7. The molecule has 7 nitrogen and oxygen atoms in total. The van der Waals surface area contributed by atoms with E-state index < -0.39 is 8.07 Å². The zero-order valence-corrected chi connectivity index (χ0v) is 22.7. The third-order valence-corrected chi connectivity index (χ3v) is 7.84. The van der Waals surface area contributed by atoms with E-state index in [2.05, 4.69) is 51.8 Å². The average Bonchev–Trinajstić information content (AvgIpc) is 3.40. The van der Waals surface area contributed by atoms with E-state index >= 15 is 0 Å². The van der Waals surface area contributed by atoms with Crippen molar-refractivity contribution < 1.29 is 9.53 Å². The topological polar surface area (TPSA) is 85.7 Å². The Kier molecular flexibility index (Phi) is 7.65. The van der Waals surface area contributed by atoms with Crippen LogP contribution < -0.4 is 0 Å². The second-order valence-electron chi connectivity index (χ2n) is 9.82. The number of fused-ring (bicyclic) bond motifs is 1. The summed E-state index contributed by atoms with van der Waals surface area (Å²) in [5.41, 5.74) is 3.72. The molecule has 4 aromatic rings. The van der Waals surface area contributed by atoms with Gasteiger partial charge < -0.3 is 4.74 Å². The number of ketones is 1. The molecule has 0 amide bonds. The maximum Gasteiger partial charge on any atom is 0.188 e. The third-order valence-electron chi connectivity index (χ3n) is 5.64. The van der Waals surface area contributed by atoms with E-state index in [1.807, 2.05) is 42.6 Å². The van der Waals surface area contributed by atoms with E-state index in [-0.39, 0.29) is 12.2 Å². The highest BCUT2D eigenvalue weighted by Gasteiger charge is 2.19. The summed E-state index contributed by atoms with van der Waals surface area (Å²) < 4.78 is 10.4. The normalized spacial score (nSPS) is 11.6. The third kappa shape index (κ3) is 6.54. The molecule has 2 heterocycles. The molecule has 0 aliphatic rings. The molecule has 180 valence electrons. The molecule has 4 rings (SSSR count). The first kappa shape index (κ1) is 25.0. The van der Waals surface area contributed by atoms with Gasteiger partial charge in [0.05, 0.1) is 29.9 Å². The highest BCUT2D eigenvalue weighted by molar-refractivity contribution is 9.10. The van der Waals surface area contributed by atoms with E-state index in [1.165, 1.54) is 0 Å². The predicted molar refractivity (Wildman–Crippen MR) is 142 cm³/mol. The molecule has 0 atom stereocenters. The van der Waals surface area contributed by atoms with Gasteiger partial charge in [0.2, 0.25) is 0 Å². The van der Waals surface area contributed by atoms with Crippen LogP contribution in [0.4, 0.5) is 0 Å². The van der Waals surface area contributed by atoms with Gasteiger partial charge in [0, 0.05) is 37.2 Å². The van der Waals surface area contributed by atoms with E-state index in [4.69, 9.17) is 10.00 Å². The highest BCUT2D eigenvalue weighted by Crippen LogP contribution is 2.24. The number of ether oxygens (including phenoxy) is 1. The zero-order chi connectivity index (χ0) is 25.0. The number of nitrogens with zero attached hydrogens (tertiary/aromatic N) is 5. The van der Waals surface area contributed by atoms with Gasteiger partial charge in [-0.3, -0.25) is 9.48 Å². The molecule has 2 aromatic carbocycles. The number of rotatable bonds is 10. The second kappa shape index (κ2) is 10.7. The molecule has 0 N–H and O–H groups in total. The van der Waals surface area contributed by atoms with Crippen molar-refractivity contribution in [3.8, 4) is 6.07 Å². The van der Waals surface area contributed by atoms with Crippen molar-refractivity contribution in [3.05, 3.63) is 81.7 Å². The van der Waals surface area contributed by atoms with Crippen LogP contribution in [0, 0.1) is 11.3 Å². The van der Waals surface area contributed by atoms with Gasteiger partial charge in [-0.15, -0.1) is 0 Å². The van der Waals surface area contributed by atoms with Gasteiger partial charge in [-0.25, -0.2) is 4.68 Å². The Bertz CT molecular complexity index is 1400. The summed E-state index contributed by atoms with van der Waals surface area (Å²) in [4.78, 5) is 13.2. The summed E-state index contributed by atoms with van der Waals surface area (Å²) >= 11 is 3.52. The van der Waals surface area contributed by atoms with Crippen LogP contribution in [0.15, 0.2) is 59.3 Å². The predicted octanol–water partition coefficient (Wildman–Crippen LogP) is 5.65. The number of carbonyl (C=O) groups excluding carboxylic acids is 1. The molecule has 0 radical (unpaired) electrons. The van der Waals surface area contributed by atoms with Gasteiger partial charge in [-0.2, -0.15) is 15.5 Å². The summed E-state index contributed by atoms with van der Waals surface area (Å²) in [6.07, 6.45) is 3.78. The monoisotopic (exact) mass is 549 g/mol. The largest absolute Gasteiger partial charge is 0.360 e. The van der Waals surface area contributed by atoms with Crippen LogP contribution in [0.25, 0.3) is 10.9 Å². The Morgan fingerprint density at radius 1 is 1.17 bits per heavy atom. The summed E-state index contributed by atoms with van der Waals surface area (Å²) in [7, 11) is -1.18. The molecule has 2 aromatic heterocycles. The van der Waals surface area contributed by atoms with Gasteiger partial charge in [0.1, 0.15) is 12.4 Å². The van der Waals surface area contributed by atoms with Crippen molar-refractivity contribution in [1.29, 1.82) is 5.26 Å². The molecule has 0 unspecified atom stereocenters. The number of hydrogen-bond acceptors (Lipinski definition) is 5. The number of hydrogen-bond donors (Lipinski definition) is 0. The fourth-order valence-electron chi connectivity index (χ4n) is 3.76. The fourth-order valence-corrected chi connectivity index (χ4v) is 4.87. The van der Waals surface area contributed by atoms with Gasteiger partial charge in [-0.1, -0.05) is 47.7 Å². The van der Waals surface area contributed by atoms with Crippen LogP contribution in [0.2, 0.25) is 25.7 Å². The van der Waals surface area contributed by atoms with E-state index in [1.54, 1.807) is 21.6 Å². The van der Waals surface area contributed by atoms with Gasteiger partial charge in [-0.05, 0) is 47.5 Å². The maximum absolute atomic E-state index is 13.2. The van der Waals surface area contributed by atoms with E-state index in [0.29, 0.717) is 31.1 Å². The standard InChI is InChI=1S/C26H28BrN5O2Si/c1-35(2,3)10-9-34-18-32-24-13-22(27)7-8-23(24)26(30-32)25(33)12-21-15-29-31(17-21)16-20-6-4-5-19(11-20)14-28/h4-8,11,13,15,17H,9-10,12,16,18H2,1-3H3. The van der Waals surface area contributed by atoms with Crippen molar-refractivity contribution in [1.82, 2.24) is 19.6 Å². The fraction of sp³-hybridized carbons (Fsp3) is 0.308. The molecule has 35 heavy (non-hydrogen) atoms. The van der Waals surface area contributed by atoms with Crippen LogP contribution >= 0.6 is 15.9 Å². The minimum Gasteiger partial charge on any atom is -0.360 e. The Hall–Kier alpha value is -3.06. The average molecular weight is 551 g/mol. The van der Waals surface area contributed by atoms with Crippen molar-refractivity contribution in [3.63, 3.8) is 0 Å². The Labute approximate surface area is 214 Å². The van der Waals surface area contributed by atoms with Crippen LogP contribution in [-0.4, -0.2) is 40.0 Å². The van der Waals surface area contributed by atoms with Gasteiger partial charge >= 0.3 is 0 Å². The van der Waals surface area contributed by atoms with Crippen molar-refractivity contribution >= 4 is 40.7 Å². The van der Waals surface area contributed by atoms with Crippen LogP contribution in [0.1, 0.15) is 27.2 Å². The first-order valence-electron chi connectivity index (χ1n) is 11.5. The molecule has 0 saturated carbocycles. The lowest BCUT2D eigenvalue weighted by molar-refractivity contribution is 0.0807. The summed E-state index contributed by atoms with van der Waals surface area (Å²) in [6, 6.07) is 16.5. The molecule has 9 heteroatoms. The minimum absolute atomic E-state index is 0.0656. The van der Waals surface area contributed by atoms with Crippen LogP contribution in [0.5, 0.6) is 0 Å². The smallest absolute Gasteiger partial charge is 0.188 e. The lowest BCUT2D eigenvalue weighted by Gasteiger charge is -2.15. The minimum atomic E-state index is -1.18. The molecule has 0 spiro atoms. The number of halogens is 1. The molecule has 0 bridgehead atoms. The Balaban J connectivity index is 1.48. The summed E-state index contributed by atoms with van der Waals surface area (Å²) in [6.45, 7) is 8.48. The van der Waals surface area contributed by atoms with Gasteiger partial charge in [0.25, 0.3) is 0 Å². The summed E-state index contributed by atoms with van der Waals surface area (Å²) in [5.74, 6) is -0.0656. The number of benzene rings is 2. The number of nitriles is 1. The summed E-state index contributed by atoms with van der Waals surface area (Å²) in [5, 5.41) is 18.9. The Morgan fingerprint density at radius 2 is 2.00 bits per heavy atom. The van der Waals surface area contributed by atoms with E-state index in [0.717, 1.165) is 32.5 Å². The van der Waals surface area contributed by atoms with E-state index in [9.17, 15) is 4.79 Å². The molecule has 0 fully saturated rings. The van der Waals surface area contributed by atoms with Crippen molar-refractivity contribution in [2.24, 2.45) is 0 Å². The first-order valence-corrected chi connectivity index (χ1v) is 16.0.